The molecule has 0 spiro atoms. The second-order valence-corrected chi connectivity index (χ2v) is 6.93. The molecule has 0 fully saturated rings. The van der Waals surface area contributed by atoms with E-state index in [9.17, 15) is 9.59 Å². The van der Waals surface area contributed by atoms with Crippen LogP contribution in [0.25, 0.3) is 0 Å². The first-order valence-corrected chi connectivity index (χ1v) is 10.1. The van der Waals surface area contributed by atoms with Gasteiger partial charge in [-0.25, -0.2) is 0 Å². The third kappa shape index (κ3) is 5.57. The van der Waals surface area contributed by atoms with Gasteiger partial charge in [0, 0.05) is 12.1 Å². The number of methoxy groups -OCH3 is 3. The number of amides is 2. The number of nitrogens with one attached hydrogen (secondary N) is 2. The minimum Gasteiger partial charge on any atom is -0.497 e. The van der Waals surface area contributed by atoms with Crippen molar-refractivity contribution in [2.75, 3.05) is 33.2 Å². The SMILES string of the molecule is COc1cccc(C(=O)Nc2ccccc2C(=O)NCCc2ccc(OC)c(OC)c2)c1. The lowest BCUT2D eigenvalue weighted by Crippen LogP contribution is -2.27. The van der Waals surface area contributed by atoms with Crippen molar-refractivity contribution in [2.45, 2.75) is 6.42 Å². The van der Waals surface area contributed by atoms with Gasteiger partial charge in [0.2, 0.25) is 0 Å². The van der Waals surface area contributed by atoms with Crippen LogP contribution in [0.2, 0.25) is 0 Å². The molecule has 0 saturated carbocycles. The molecular weight excluding hydrogens is 408 g/mol. The predicted molar refractivity (Wildman–Crippen MR) is 123 cm³/mol. The number of carbonyl (C=O) groups excluding carboxylic acids is 2. The lowest BCUT2D eigenvalue weighted by atomic mass is 10.1. The molecule has 7 heteroatoms. The normalized spacial score (nSPS) is 10.2. The van der Waals surface area contributed by atoms with Crippen molar-refractivity contribution in [2.24, 2.45) is 0 Å². The molecule has 166 valence electrons. The number of para-hydroxylation sites is 1. The van der Waals surface area contributed by atoms with Gasteiger partial charge in [-0.1, -0.05) is 24.3 Å². The van der Waals surface area contributed by atoms with Crippen molar-refractivity contribution in [1.29, 1.82) is 0 Å². The highest BCUT2D eigenvalue weighted by atomic mass is 16.5. The number of hydrogen-bond donors (Lipinski definition) is 2. The smallest absolute Gasteiger partial charge is 0.255 e. The van der Waals surface area contributed by atoms with Gasteiger partial charge in [0.25, 0.3) is 11.8 Å². The number of hydrogen-bond acceptors (Lipinski definition) is 5. The first-order valence-electron chi connectivity index (χ1n) is 10.1. The third-order valence-electron chi connectivity index (χ3n) is 4.90. The van der Waals surface area contributed by atoms with E-state index in [0.29, 0.717) is 47.0 Å². The maximum atomic E-state index is 12.8. The third-order valence-corrected chi connectivity index (χ3v) is 4.90. The molecule has 0 heterocycles. The zero-order valence-corrected chi connectivity index (χ0v) is 18.3. The second-order valence-electron chi connectivity index (χ2n) is 6.93. The van der Waals surface area contributed by atoms with E-state index in [1.165, 1.54) is 0 Å². The molecule has 2 amide bonds. The Labute approximate surface area is 187 Å². The lowest BCUT2D eigenvalue weighted by molar-refractivity contribution is 0.0955. The molecule has 32 heavy (non-hydrogen) atoms. The Morgan fingerprint density at radius 2 is 1.56 bits per heavy atom. The first-order chi connectivity index (χ1) is 15.5. The molecule has 0 aliphatic rings. The van der Waals surface area contributed by atoms with Gasteiger partial charge in [0.1, 0.15) is 5.75 Å². The summed E-state index contributed by atoms with van der Waals surface area (Å²) in [5.74, 6) is 1.28. The van der Waals surface area contributed by atoms with Gasteiger partial charge in [0.05, 0.1) is 32.6 Å². The van der Waals surface area contributed by atoms with Crippen LogP contribution in [0.1, 0.15) is 26.3 Å². The fourth-order valence-corrected chi connectivity index (χ4v) is 3.20. The minimum atomic E-state index is -0.325. The minimum absolute atomic E-state index is 0.271. The molecule has 0 aliphatic heterocycles. The van der Waals surface area contributed by atoms with E-state index in [0.717, 1.165) is 5.56 Å². The summed E-state index contributed by atoms with van der Waals surface area (Å²) in [6.07, 6.45) is 0.616. The topological polar surface area (TPSA) is 85.9 Å². The highest BCUT2D eigenvalue weighted by Gasteiger charge is 2.14. The van der Waals surface area contributed by atoms with Crippen LogP contribution in [-0.4, -0.2) is 39.7 Å². The van der Waals surface area contributed by atoms with Crippen LogP contribution in [-0.2, 0) is 6.42 Å². The van der Waals surface area contributed by atoms with Crippen molar-refractivity contribution in [1.82, 2.24) is 5.32 Å². The predicted octanol–water partition coefficient (Wildman–Crippen LogP) is 3.94. The molecule has 7 nitrogen and oxygen atoms in total. The van der Waals surface area contributed by atoms with Gasteiger partial charge in [-0.15, -0.1) is 0 Å². The highest BCUT2D eigenvalue weighted by Crippen LogP contribution is 2.27. The zero-order valence-electron chi connectivity index (χ0n) is 18.3. The molecular formula is C25H26N2O5. The summed E-state index contributed by atoms with van der Waals surface area (Å²) in [5, 5.41) is 5.71. The van der Waals surface area contributed by atoms with Gasteiger partial charge in [-0.05, 0) is 54.4 Å². The number of benzene rings is 3. The maximum absolute atomic E-state index is 12.8. The Morgan fingerprint density at radius 1 is 0.781 bits per heavy atom. The Hall–Kier alpha value is -4.00. The van der Waals surface area contributed by atoms with E-state index < -0.39 is 0 Å². The fourth-order valence-electron chi connectivity index (χ4n) is 3.20. The lowest BCUT2D eigenvalue weighted by Gasteiger charge is -2.13. The molecule has 2 N–H and O–H groups in total. The molecule has 3 aromatic rings. The van der Waals surface area contributed by atoms with E-state index in [1.807, 2.05) is 18.2 Å². The Balaban J connectivity index is 1.64. The van der Waals surface area contributed by atoms with E-state index in [1.54, 1.807) is 69.9 Å². The van der Waals surface area contributed by atoms with Crippen molar-refractivity contribution in [3.63, 3.8) is 0 Å². The van der Waals surface area contributed by atoms with Crippen LogP contribution in [0.3, 0.4) is 0 Å². The molecule has 0 saturated heterocycles. The molecule has 0 bridgehead atoms. The summed E-state index contributed by atoms with van der Waals surface area (Å²) in [6.45, 7) is 0.423. The van der Waals surface area contributed by atoms with Gasteiger partial charge in [-0.2, -0.15) is 0 Å². The van der Waals surface area contributed by atoms with E-state index in [-0.39, 0.29) is 11.8 Å². The van der Waals surface area contributed by atoms with Crippen molar-refractivity contribution in [3.8, 4) is 17.2 Å². The van der Waals surface area contributed by atoms with Crippen LogP contribution in [0.15, 0.2) is 66.7 Å². The summed E-state index contributed by atoms with van der Waals surface area (Å²) in [7, 11) is 4.71. The van der Waals surface area contributed by atoms with E-state index in [4.69, 9.17) is 14.2 Å². The number of rotatable bonds is 9. The summed E-state index contributed by atoms with van der Waals surface area (Å²) < 4.78 is 15.7. The van der Waals surface area contributed by atoms with E-state index in [2.05, 4.69) is 10.6 Å². The average molecular weight is 434 g/mol. The van der Waals surface area contributed by atoms with E-state index >= 15 is 0 Å². The largest absolute Gasteiger partial charge is 0.497 e. The van der Waals surface area contributed by atoms with Crippen LogP contribution in [0, 0.1) is 0 Å². The molecule has 3 aromatic carbocycles. The first kappa shape index (κ1) is 22.7. The second kappa shape index (κ2) is 10.9. The highest BCUT2D eigenvalue weighted by molar-refractivity contribution is 6.09. The van der Waals surface area contributed by atoms with Gasteiger partial charge in [-0.3, -0.25) is 9.59 Å². The Kier molecular flexibility index (Phi) is 7.70. The molecule has 0 radical (unpaired) electrons. The van der Waals surface area contributed by atoms with Crippen LogP contribution in [0.4, 0.5) is 5.69 Å². The summed E-state index contributed by atoms with van der Waals surface area (Å²) in [5.41, 5.74) is 2.26. The standard InChI is InChI=1S/C25H26N2O5/c1-30-19-8-6-7-18(16-19)24(28)27-21-10-5-4-9-20(21)25(29)26-14-13-17-11-12-22(31-2)23(15-17)32-3/h4-12,15-16H,13-14H2,1-3H3,(H,26,29)(H,27,28). The number of ether oxygens (including phenoxy) is 3. The summed E-state index contributed by atoms with van der Waals surface area (Å²) >= 11 is 0. The maximum Gasteiger partial charge on any atom is 0.255 e. The molecule has 0 unspecified atom stereocenters. The molecule has 0 atom stereocenters. The van der Waals surface area contributed by atoms with Crippen molar-refractivity contribution in [3.05, 3.63) is 83.4 Å². The van der Waals surface area contributed by atoms with Crippen LogP contribution >= 0.6 is 0 Å². The molecule has 0 aliphatic carbocycles. The quantitative estimate of drug-likeness (QED) is 0.533. The van der Waals surface area contributed by atoms with Crippen molar-refractivity contribution < 1.29 is 23.8 Å². The molecule has 3 rings (SSSR count). The molecule has 0 aromatic heterocycles. The fraction of sp³-hybridized carbons (Fsp3) is 0.200. The monoisotopic (exact) mass is 434 g/mol. The summed E-state index contributed by atoms with van der Waals surface area (Å²) in [6, 6.07) is 19.4. The van der Waals surface area contributed by atoms with Gasteiger partial charge >= 0.3 is 0 Å². The van der Waals surface area contributed by atoms with Gasteiger partial charge < -0.3 is 24.8 Å². The Bertz CT molecular complexity index is 1100. The number of anilines is 1. The van der Waals surface area contributed by atoms with Crippen molar-refractivity contribution >= 4 is 17.5 Å². The van der Waals surface area contributed by atoms with Crippen LogP contribution in [0.5, 0.6) is 17.2 Å². The Morgan fingerprint density at radius 3 is 2.31 bits per heavy atom. The average Bonchev–Trinajstić information content (AvgIpc) is 2.84. The number of carbonyl (C=O) groups is 2. The zero-order chi connectivity index (χ0) is 22.9. The summed E-state index contributed by atoms with van der Waals surface area (Å²) in [4.78, 5) is 25.4. The van der Waals surface area contributed by atoms with Gasteiger partial charge in [0.15, 0.2) is 11.5 Å². The van der Waals surface area contributed by atoms with Crippen LogP contribution < -0.4 is 24.8 Å².